The number of aliphatic imine (C=N–C) groups is 1. The second kappa shape index (κ2) is 6.62. The number of alkyl halides is 2. The van der Waals surface area contributed by atoms with E-state index in [4.69, 9.17) is 5.26 Å². The van der Waals surface area contributed by atoms with Crippen LogP contribution in [0.15, 0.2) is 29.3 Å². The van der Waals surface area contributed by atoms with Crippen LogP contribution in [0.2, 0.25) is 0 Å². The third-order valence-corrected chi connectivity index (χ3v) is 2.58. The minimum atomic E-state index is -2.85. The first-order chi connectivity index (χ1) is 8.99. The van der Waals surface area contributed by atoms with Crippen molar-refractivity contribution in [3.05, 3.63) is 29.8 Å². The van der Waals surface area contributed by atoms with E-state index in [1.807, 2.05) is 6.07 Å². The van der Waals surface area contributed by atoms with Crippen molar-refractivity contribution in [1.29, 1.82) is 5.26 Å². The molecule has 0 aliphatic heterocycles. The van der Waals surface area contributed by atoms with Crippen LogP contribution in [-0.4, -0.2) is 18.2 Å². The van der Waals surface area contributed by atoms with Crippen LogP contribution in [-0.2, 0) is 11.2 Å². The molecule has 1 rings (SSSR count). The van der Waals surface area contributed by atoms with Crippen molar-refractivity contribution in [3.63, 3.8) is 0 Å². The highest BCUT2D eigenvalue weighted by atomic mass is 19.3. The zero-order valence-corrected chi connectivity index (χ0v) is 10.3. The van der Waals surface area contributed by atoms with Gasteiger partial charge in [-0.1, -0.05) is 12.1 Å². The van der Waals surface area contributed by atoms with Gasteiger partial charge in [0.15, 0.2) is 5.54 Å². The first-order valence-electron chi connectivity index (χ1n) is 5.53. The van der Waals surface area contributed by atoms with Gasteiger partial charge in [-0.15, -0.1) is 0 Å². The fourth-order valence-corrected chi connectivity index (χ4v) is 1.46. The molecule has 6 heteroatoms. The van der Waals surface area contributed by atoms with Crippen LogP contribution >= 0.6 is 0 Å². The van der Waals surface area contributed by atoms with Crippen LogP contribution in [0.1, 0.15) is 18.9 Å². The fourth-order valence-electron chi connectivity index (χ4n) is 1.46. The van der Waals surface area contributed by atoms with Gasteiger partial charge in [0.2, 0.25) is 6.08 Å². The molecule has 1 atom stereocenters. The lowest BCUT2D eigenvalue weighted by Crippen LogP contribution is -2.19. The van der Waals surface area contributed by atoms with Crippen molar-refractivity contribution >= 4 is 6.08 Å². The molecular weight excluding hydrogens is 254 g/mol. The molecule has 0 saturated heterocycles. The van der Waals surface area contributed by atoms with Crippen LogP contribution < -0.4 is 4.74 Å². The molecule has 0 aromatic heterocycles. The minimum absolute atomic E-state index is 0.0766. The Bertz CT molecular complexity index is 504. The van der Waals surface area contributed by atoms with Gasteiger partial charge in [-0.25, -0.2) is 4.79 Å². The summed E-state index contributed by atoms with van der Waals surface area (Å²) in [6, 6.07) is 8.03. The number of isocyanates is 1. The summed E-state index contributed by atoms with van der Waals surface area (Å²) in [5.74, 6) is 0.0766. The number of benzene rings is 1. The molecule has 0 bridgehead atoms. The lowest BCUT2D eigenvalue weighted by atomic mass is 9.95. The molecular formula is C13H12F2N2O2. The molecule has 19 heavy (non-hydrogen) atoms. The molecule has 0 radical (unpaired) electrons. The van der Waals surface area contributed by atoms with Crippen molar-refractivity contribution in [2.24, 2.45) is 4.99 Å². The molecule has 4 nitrogen and oxygen atoms in total. The van der Waals surface area contributed by atoms with Crippen LogP contribution in [0, 0.1) is 11.3 Å². The number of aryl methyl sites for hydroxylation is 1. The van der Waals surface area contributed by atoms with Gasteiger partial charge in [0, 0.05) is 0 Å². The standard InChI is InChI=1S/C13H12F2N2O2/c1-13(8-16,17-9-18)7-6-10-2-4-11(5-3-10)19-12(14)15/h2-5,12H,6-7H2,1H3. The largest absolute Gasteiger partial charge is 0.435 e. The molecule has 1 aromatic carbocycles. The molecule has 100 valence electrons. The fraction of sp³-hybridized carbons (Fsp3) is 0.385. The van der Waals surface area contributed by atoms with Gasteiger partial charge >= 0.3 is 6.61 Å². The maximum Gasteiger partial charge on any atom is 0.387 e. The Morgan fingerprint density at radius 1 is 1.42 bits per heavy atom. The van der Waals surface area contributed by atoms with E-state index in [-0.39, 0.29) is 5.75 Å². The van der Waals surface area contributed by atoms with E-state index in [1.54, 1.807) is 12.1 Å². The van der Waals surface area contributed by atoms with Crippen LogP contribution in [0.25, 0.3) is 0 Å². The Balaban J connectivity index is 2.64. The Morgan fingerprint density at radius 2 is 2.05 bits per heavy atom. The lowest BCUT2D eigenvalue weighted by Gasteiger charge is -2.13. The van der Waals surface area contributed by atoms with E-state index < -0.39 is 12.2 Å². The number of carbonyl (C=O) groups excluding carboxylic acids is 1. The average molecular weight is 266 g/mol. The van der Waals surface area contributed by atoms with Crippen LogP contribution in [0.4, 0.5) is 8.78 Å². The van der Waals surface area contributed by atoms with Crippen LogP contribution in [0.5, 0.6) is 5.75 Å². The van der Waals surface area contributed by atoms with E-state index in [0.29, 0.717) is 12.8 Å². The quantitative estimate of drug-likeness (QED) is 0.587. The molecule has 0 aliphatic carbocycles. The predicted octanol–water partition coefficient (Wildman–Crippen LogP) is 2.84. The summed E-state index contributed by atoms with van der Waals surface area (Å²) in [5, 5.41) is 8.91. The highest BCUT2D eigenvalue weighted by Gasteiger charge is 2.22. The zero-order valence-electron chi connectivity index (χ0n) is 10.3. The molecule has 0 saturated carbocycles. The number of halogens is 2. The summed E-state index contributed by atoms with van der Waals surface area (Å²) >= 11 is 0. The summed E-state index contributed by atoms with van der Waals surface area (Å²) in [7, 11) is 0. The topological polar surface area (TPSA) is 62.4 Å². The zero-order chi connectivity index (χ0) is 14.3. The molecule has 0 amide bonds. The van der Waals surface area contributed by atoms with Gasteiger partial charge in [0.1, 0.15) is 5.75 Å². The SMILES string of the molecule is CC(C#N)(CCc1ccc(OC(F)F)cc1)N=C=O. The third kappa shape index (κ3) is 4.86. The highest BCUT2D eigenvalue weighted by molar-refractivity contribution is 5.36. The molecule has 0 spiro atoms. The first-order valence-corrected chi connectivity index (χ1v) is 5.53. The molecule has 0 N–H and O–H groups in total. The third-order valence-electron chi connectivity index (χ3n) is 2.58. The van der Waals surface area contributed by atoms with E-state index in [1.165, 1.54) is 25.1 Å². The Morgan fingerprint density at radius 3 is 2.53 bits per heavy atom. The normalized spacial score (nSPS) is 13.2. The Hall–Kier alpha value is -2.25. The van der Waals surface area contributed by atoms with E-state index >= 15 is 0 Å². The minimum Gasteiger partial charge on any atom is -0.435 e. The smallest absolute Gasteiger partial charge is 0.387 e. The maximum absolute atomic E-state index is 11.9. The maximum atomic E-state index is 11.9. The highest BCUT2D eigenvalue weighted by Crippen LogP contribution is 2.20. The predicted molar refractivity (Wildman–Crippen MR) is 63.5 cm³/mol. The summed E-state index contributed by atoms with van der Waals surface area (Å²) < 4.78 is 28.1. The van der Waals surface area contributed by atoms with E-state index in [2.05, 4.69) is 9.73 Å². The Labute approximate surface area is 109 Å². The summed E-state index contributed by atoms with van der Waals surface area (Å²) in [6.07, 6.45) is 2.21. The van der Waals surface area contributed by atoms with E-state index in [9.17, 15) is 13.6 Å². The summed E-state index contributed by atoms with van der Waals surface area (Å²) in [5.41, 5.74) is -0.274. The monoisotopic (exact) mass is 266 g/mol. The van der Waals surface area contributed by atoms with Gasteiger partial charge in [0.25, 0.3) is 0 Å². The summed E-state index contributed by atoms with van der Waals surface area (Å²) in [6.45, 7) is -1.32. The number of ether oxygens (including phenoxy) is 1. The number of nitrogens with zero attached hydrogens (tertiary/aromatic N) is 2. The van der Waals surface area contributed by atoms with Gasteiger partial charge in [-0.3, -0.25) is 0 Å². The molecule has 0 heterocycles. The molecule has 0 fully saturated rings. The van der Waals surface area contributed by atoms with Crippen LogP contribution in [0.3, 0.4) is 0 Å². The number of rotatable bonds is 6. The Kier molecular flexibility index (Phi) is 5.16. The van der Waals surface area contributed by atoms with Crippen molar-refractivity contribution in [3.8, 4) is 11.8 Å². The number of hydrogen-bond donors (Lipinski definition) is 0. The second-order valence-electron chi connectivity index (χ2n) is 4.11. The van der Waals surface area contributed by atoms with Gasteiger partial charge in [-0.2, -0.15) is 19.0 Å². The van der Waals surface area contributed by atoms with Gasteiger partial charge in [-0.05, 0) is 37.5 Å². The second-order valence-corrected chi connectivity index (χ2v) is 4.11. The lowest BCUT2D eigenvalue weighted by molar-refractivity contribution is -0.0498. The molecule has 0 aliphatic rings. The molecule has 1 aromatic rings. The van der Waals surface area contributed by atoms with Crippen molar-refractivity contribution in [2.45, 2.75) is 31.9 Å². The van der Waals surface area contributed by atoms with E-state index in [0.717, 1.165) is 5.56 Å². The van der Waals surface area contributed by atoms with Gasteiger partial charge in [0.05, 0.1) is 6.07 Å². The number of hydrogen-bond acceptors (Lipinski definition) is 4. The van der Waals surface area contributed by atoms with Crippen molar-refractivity contribution in [1.82, 2.24) is 0 Å². The number of nitriles is 1. The summed E-state index contributed by atoms with van der Waals surface area (Å²) in [4.78, 5) is 13.7. The van der Waals surface area contributed by atoms with Crippen molar-refractivity contribution < 1.29 is 18.3 Å². The molecule has 1 unspecified atom stereocenters. The first kappa shape index (κ1) is 14.8. The van der Waals surface area contributed by atoms with Crippen molar-refractivity contribution in [2.75, 3.05) is 0 Å². The average Bonchev–Trinajstić information content (AvgIpc) is 2.38. The van der Waals surface area contributed by atoms with Gasteiger partial charge < -0.3 is 4.74 Å².